The van der Waals surface area contributed by atoms with Crippen molar-refractivity contribution in [2.75, 3.05) is 36.4 Å². The number of anilines is 3. The van der Waals surface area contributed by atoms with Gasteiger partial charge in [0.05, 0.1) is 10.5 Å². The van der Waals surface area contributed by atoms with Crippen LogP contribution in [0.4, 0.5) is 30.6 Å². The first-order chi connectivity index (χ1) is 16.0. The minimum Gasteiger partial charge on any atom is -0.354 e. The van der Waals surface area contributed by atoms with Gasteiger partial charge >= 0.3 is 6.18 Å². The monoisotopic (exact) mass is 491 g/mol. The molecule has 0 amide bonds. The van der Waals surface area contributed by atoms with E-state index in [9.17, 15) is 21.6 Å². The van der Waals surface area contributed by atoms with Gasteiger partial charge in [0.2, 0.25) is 16.0 Å². The molecule has 0 spiro atoms. The van der Waals surface area contributed by atoms with Crippen LogP contribution in [-0.2, 0) is 16.2 Å². The molecule has 2 heterocycles. The predicted molar refractivity (Wildman–Crippen MR) is 124 cm³/mol. The third-order valence-corrected chi connectivity index (χ3v) is 7.40. The Labute approximate surface area is 196 Å². The minimum absolute atomic E-state index is 0.127. The molecular formula is C23H24F3N5O2S. The topological polar surface area (TPSA) is 78.4 Å². The standard InChI is InChI=1S/C23H24F3N5O2S/c1-16-6-8-19(9-7-16)28-22-27-17(2)14-21(29-22)30-10-12-31(13-11-30)34(32,33)20-5-3-4-18(15-20)23(24,25)26/h3-9,14-15H,10-13H2,1-2H3,(H,27,28,29). The number of hydrogen-bond acceptors (Lipinski definition) is 6. The van der Waals surface area contributed by atoms with Crippen molar-refractivity contribution in [2.45, 2.75) is 24.9 Å². The summed E-state index contributed by atoms with van der Waals surface area (Å²) in [6, 6.07) is 13.5. The summed E-state index contributed by atoms with van der Waals surface area (Å²) in [6.45, 7) is 4.79. The summed E-state index contributed by atoms with van der Waals surface area (Å²) in [5.41, 5.74) is 1.74. The Kier molecular flexibility index (Phi) is 6.50. The molecule has 0 saturated carbocycles. The SMILES string of the molecule is Cc1ccc(Nc2nc(C)cc(N3CCN(S(=O)(=O)c4cccc(C(F)(F)F)c4)CC3)n2)cc1. The Hall–Kier alpha value is -3.18. The van der Waals surface area contributed by atoms with E-state index in [1.807, 2.05) is 49.1 Å². The van der Waals surface area contributed by atoms with Crippen LogP contribution in [0, 0.1) is 13.8 Å². The first-order valence-electron chi connectivity index (χ1n) is 10.6. The van der Waals surface area contributed by atoms with E-state index in [1.165, 1.54) is 10.4 Å². The highest BCUT2D eigenvalue weighted by Crippen LogP contribution is 2.31. The molecule has 4 rings (SSSR count). The summed E-state index contributed by atoms with van der Waals surface area (Å²) in [4.78, 5) is 10.6. The van der Waals surface area contributed by atoms with Crippen molar-refractivity contribution in [1.82, 2.24) is 14.3 Å². The molecule has 3 aromatic rings. The second kappa shape index (κ2) is 9.22. The van der Waals surface area contributed by atoms with E-state index >= 15 is 0 Å². The van der Waals surface area contributed by atoms with Crippen LogP contribution in [0.25, 0.3) is 0 Å². The molecule has 1 saturated heterocycles. The molecule has 34 heavy (non-hydrogen) atoms. The number of alkyl halides is 3. The summed E-state index contributed by atoms with van der Waals surface area (Å²) in [5, 5.41) is 3.18. The van der Waals surface area contributed by atoms with Crippen molar-refractivity contribution in [3.8, 4) is 0 Å². The molecule has 1 aliphatic rings. The Morgan fingerprint density at radius 1 is 0.912 bits per heavy atom. The van der Waals surface area contributed by atoms with Gasteiger partial charge in [0, 0.05) is 43.6 Å². The number of aromatic nitrogens is 2. The molecular weight excluding hydrogens is 467 g/mol. The summed E-state index contributed by atoms with van der Waals surface area (Å²) < 4.78 is 66.2. The lowest BCUT2D eigenvalue weighted by atomic mass is 10.2. The van der Waals surface area contributed by atoms with Gasteiger partial charge in [-0.2, -0.15) is 22.5 Å². The van der Waals surface area contributed by atoms with Gasteiger partial charge in [0.1, 0.15) is 5.82 Å². The first kappa shape index (κ1) is 24.0. The fourth-order valence-electron chi connectivity index (χ4n) is 3.68. The van der Waals surface area contributed by atoms with E-state index in [-0.39, 0.29) is 18.0 Å². The number of hydrogen-bond donors (Lipinski definition) is 1. The second-order valence-electron chi connectivity index (χ2n) is 8.10. The van der Waals surface area contributed by atoms with Crippen LogP contribution in [0.5, 0.6) is 0 Å². The number of benzene rings is 2. The number of rotatable bonds is 5. The minimum atomic E-state index is -4.61. The van der Waals surface area contributed by atoms with Crippen LogP contribution >= 0.6 is 0 Å². The van der Waals surface area contributed by atoms with Crippen LogP contribution in [0.3, 0.4) is 0 Å². The van der Waals surface area contributed by atoms with E-state index in [4.69, 9.17) is 0 Å². The summed E-state index contributed by atoms with van der Waals surface area (Å²) in [6.07, 6.45) is -4.61. The van der Waals surface area contributed by atoms with Crippen LogP contribution in [0.2, 0.25) is 0 Å². The molecule has 1 fully saturated rings. The van der Waals surface area contributed by atoms with Crippen LogP contribution in [-0.4, -0.2) is 48.9 Å². The van der Waals surface area contributed by atoms with Gasteiger partial charge in [-0.25, -0.2) is 13.4 Å². The maximum atomic E-state index is 13.0. The Morgan fingerprint density at radius 3 is 2.24 bits per heavy atom. The van der Waals surface area contributed by atoms with Crippen LogP contribution in [0.1, 0.15) is 16.8 Å². The van der Waals surface area contributed by atoms with Gasteiger partial charge in [-0.15, -0.1) is 0 Å². The van der Waals surface area contributed by atoms with Gasteiger partial charge in [0.15, 0.2) is 0 Å². The molecule has 0 aliphatic carbocycles. The van der Waals surface area contributed by atoms with Crippen molar-refractivity contribution in [3.05, 3.63) is 71.4 Å². The highest BCUT2D eigenvalue weighted by atomic mass is 32.2. The quantitative estimate of drug-likeness (QED) is 0.571. The summed E-state index contributed by atoms with van der Waals surface area (Å²) >= 11 is 0. The third-order valence-electron chi connectivity index (χ3n) is 5.51. The lowest BCUT2D eigenvalue weighted by Crippen LogP contribution is -2.49. The Morgan fingerprint density at radius 2 is 1.59 bits per heavy atom. The van der Waals surface area contributed by atoms with E-state index < -0.39 is 21.8 Å². The zero-order valence-corrected chi connectivity index (χ0v) is 19.5. The molecule has 1 aliphatic heterocycles. The fourth-order valence-corrected chi connectivity index (χ4v) is 5.14. The van der Waals surface area contributed by atoms with E-state index in [1.54, 1.807) is 0 Å². The highest BCUT2D eigenvalue weighted by Gasteiger charge is 2.34. The lowest BCUT2D eigenvalue weighted by Gasteiger charge is -2.34. The maximum absolute atomic E-state index is 13.0. The van der Waals surface area contributed by atoms with Crippen molar-refractivity contribution < 1.29 is 21.6 Å². The molecule has 11 heteroatoms. The zero-order chi connectivity index (χ0) is 24.5. The lowest BCUT2D eigenvalue weighted by molar-refractivity contribution is -0.137. The van der Waals surface area contributed by atoms with E-state index in [0.717, 1.165) is 29.1 Å². The first-order valence-corrected chi connectivity index (χ1v) is 12.1. The van der Waals surface area contributed by atoms with Gasteiger partial charge < -0.3 is 10.2 Å². The zero-order valence-electron chi connectivity index (χ0n) is 18.7. The van der Waals surface area contributed by atoms with Crippen molar-refractivity contribution >= 4 is 27.5 Å². The van der Waals surface area contributed by atoms with Gasteiger partial charge in [0.25, 0.3) is 0 Å². The molecule has 1 N–H and O–H groups in total. The second-order valence-corrected chi connectivity index (χ2v) is 10.0. The number of halogens is 3. The molecule has 0 radical (unpaired) electrons. The average Bonchev–Trinajstić information content (AvgIpc) is 2.80. The van der Waals surface area contributed by atoms with Crippen molar-refractivity contribution in [2.24, 2.45) is 0 Å². The Bertz CT molecular complexity index is 1270. The molecule has 0 bridgehead atoms. The normalized spacial score (nSPS) is 15.4. The van der Waals surface area contributed by atoms with Gasteiger partial charge in [-0.05, 0) is 44.2 Å². The number of sulfonamides is 1. The smallest absolute Gasteiger partial charge is 0.354 e. The molecule has 0 atom stereocenters. The number of aryl methyl sites for hydroxylation is 2. The van der Waals surface area contributed by atoms with Crippen molar-refractivity contribution in [3.63, 3.8) is 0 Å². The van der Waals surface area contributed by atoms with E-state index in [2.05, 4.69) is 15.3 Å². The van der Waals surface area contributed by atoms with Crippen LogP contribution in [0.15, 0.2) is 59.5 Å². The molecule has 2 aromatic carbocycles. The molecule has 0 unspecified atom stereocenters. The molecule has 7 nitrogen and oxygen atoms in total. The number of nitrogens with zero attached hydrogens (tertiary/aromatic N) is 4. The fraction of sp³-hybridized carbons (Fsp3) is 0.304. The third kappa shape index (κ3) is 5.31. The van der Waals surface area contributed by atoms with Gasteiger partial charge in [-0.1, -0.05) is 23.8 Å². The summed E-state index contributed by atoms with van der Waals surface area (Å²) in [5.74, 6) is 1.08. The Balaban J connectivity index is 1.47. The number of nitrogens with one attached hydrogen (secondary N) is 1. The number of piperazine rings is 1. The molecule has 180 valence electrons. The highest BCUT2D eigenvalue weighted by molar-refractivity contribution is 7.89. The summed E-state index contributed by atoms with van der Waals surface area (Å²) in [7, 11) is -4.05. The predicted octanol–water partition coefficient (Wildman–Crippen LogP) is 4.37. The average molecular weight is 492 g/mol. The van der Waals surface area contributed by atoms with Crippen LogP contribution < -0.4 is 10.2 Å². The largest absolute Gasteiger partial charge is 0.416 e. The van der Waals surface area contributed by atoms with Gasteiger partial charge in [-0.3, -0.25) is 0 Å². The molecule has 1 aromatic heterocycles. The van der Waals surface area contributed by atoms with Crippen molar-refractivity contribution in [1.29, 1.82) is 0 Å². The maximum Gasteiger partial charge on any atom is 0.416 e. The van der Waals surface area contributed by atoms with E-state index in [0.29, 0.717) is 30.9 Å².